The second-order valence-electron chi connectivity index (χ2n) is 4.48. The third-order valence-electron chi connectivity index (χ3n) is 3.07. The molecule has 0 unspecified atom stereocenters. The van der Waals surface area contributed by atoms with Crippen LogP contribution in [-0.4, -0.2) is 7.05 Å². The molecule has 0 amide bonds. The first-order valence-corrected chi connectivity index (χ1v) is 6.68. The lowest BCUT2D eigenvalue weighted by Crippen LogP contribution is -2.17. The highest BCUT2D eigenvalue weighted by molar-refractivity contribution is 9.10. The van der Waals surface area contributed by atoms with E-state index in [1.807, 2.05) is 18.2 Å². The summed E-state index contributed by atoms with van der Waals surface area (Å²) in [6.07, 6.45) is 0. The van der Waals surface area contributed by atoms with Crippen molar-refractivity contribution in [3.05, 3.63) is 58.1 Å². The third kappa shape index (κ3) is 2.85. The Bertz CT molecular complexity index is 552. The largest absolute Gasteiger partial charge is 0.398 e. The summed E-state index contributed by atoms with van der Waals surface area (Å²) in [6, 6.07) is 14.4. The zero-order valence-corrected chi connectivity index (χ0v) is 12.2. The van der Waals surface area contributed by atoms with Crippen molar-refractivity contribution in [3.63, 3.8) is 0 Å². The molecule has 2 N–H and O–H groups in total. The number of hydrogen-bond acceptors (Lipinski definition) is 2. The van der Waals surface area contributed by atoms with Gasteiger partial charge in [-0.1, -0.05) is 34.1 Å². The maximum absolute atomic E-state index is 5.94. The molecule has 0 heterocycles. The summed E-state index contributed by atoms with van der Waals surface area (Å²) >= 11 is 3.50. The van der Waals surface area contributed by atoms with Crippen LogP contribution in [0.1, 0.15) is 11.1 Å². The average molecular weight is 305 g/mol. The van der Waals surface area contributed by atoms with Gasteiger partial charge in [0.05, 0.1) is 0 Å². The molecule has 0 aliphatic carbocycles. The Labute approximate surface area is 117 Å². The van der Waals surface area contributed by atoms with Crippen molar-refractivity contribution >= 4 is 27.3 Å². The first kappa shape index (κ1) is 13.0. The molecule has 3 heteroatoms. The highest BCUT2D eigenvalue weighted by Crippen LogP contribution is 2.25. The van der Waals surface area contributed by atoms with Crippen molar-refractivity contribution in [1.82, 2.24) is 0 Å². The van der Waals surface area contributed by atoms with Gasteiger partial charge in [0.15, 0.2) is 0 Å². The zero-order chi connectivity index (χ0) is 13.1. The van der Waals surface area contributed by atoms with Crippen LogP contribution in [0, 0.1) is 6.92 Å². The molecule has 2 aromatic carbocycles. The second kappa shape index (κ2) is 5.44. The van der Waals surface area contributed by atoms with E-state index in [2.05, 4.69) is 59.1 Å². The number of nitrogen functional groups attached to an aromatic ring is 1. The van der Waals surface area contributed by atoms with Gasteiger partial charge in [-0.3, -0.25) is 0 Å². The topological polar surface area (TPSA) is 29.3 Å². The minimum Gasteiger partial charge on any atom is -0.398 e. The molecule has 0 aliphatic rings. The average Bonchev–Trinajstić information content (AvgIpc) is 2.32. The summed E-state index contributed by atoms with van der Waals surface area (Å²) < 4.78 is 1.11. The Kier molecular flexibility index (Phi) is 3.92. The second-order valence-corrected chi connectivity index (χ2v) is 5.39. The van der Waals surface area contributed by atoms with E-state index >= 15 is 0 Å². The first-order valence-electron chi connectivity index (χ1n) is 5.88. The van der Waals surface area contributed by atoms with Crippen molar-refractivity contribution in [1.29, 1.82) is 0 Å². The Morgan fingerprint density at radius 3 is 2.61 bits per heavy atom. The van der Waals surface area contributed by atoms with Crippen molar-refractivity contribution in [2.24, 2.45) is 0 Å². The number of benzene rings is 2. The van der Waals surface area contributed by atoms with Gasteiger partial charge in [-0.05, 0) is 42.3 Å². The molecule has 18 heavy (non-hydrogen) atoms. The molecule has 0 aliphatic heterocycles. The molecule has 0 bridgehead atoms. The third-order valence-corrected chi connectivity index (χ3v) is 3.56. The van der Waals surface area contributed by atoms with Gasteiger partial charge in [-0.2, -0.15) is 0 Å². The van der Waals surface area contributed by atoms with Gasteiger partial charge in [-0.15, -0.1) is 0 Å². The van der Waals surface area contributed by atoms with E-state index < -0.39 is 0 Å². The van der Waals surface area contributed by atoms with Crippen LogP contribution >= 0.6 is 15.9 Å². The smallest absolute Gasteiger partial charge is 0.0426 e. The van der Waals surface area contributed by atoms with Crippen LogP contribution in [0.15, 0.2) is 46.9 Å². The Morgan fingerprint density at radius 1 is 1.17 bits per heavy atom. The van der Waals surface area contributed by atoms with E-state index in [4.69, 9.17) is 5.73 Å². The number of halogens is 1. The van der Waals surface area contributed by atoms with Gasteiger partial charge in [0.25, 0.3) is 0 Å². The van der Waals surface area contributed by atoms with E-state index in [-0.39, 0.29) is 0 Å². The first-order chi connectivity index (χ1) is 8.58. The SMILES string of the molecule is Cc1c(N)cccc1N(C)Cc1cccc(Br)c1. The van der Waals surface area contributed by atoms with E-state index in [0.717, 1.165) is 22.3 Å². The van der Waals surface area contributed by atoms with Gasteiger partial charge in [0.2, 0.25) is 0 Å². The van der Waals surface area contributed by atoms with Crippen molar-refractivity contribution in [3.8, 4) is 0 Å². The monoisotopic (exact) mass is 304 g/mol. The highest BCUT2D eigenvalue weighted by Gasteiger charge is 2.07. The van der Waals surface area contributed by atoms with Crippen LogP contribution in [0.2, 0.25) is 0 Å². The van der Waals surface area contributed by atoms with Gasteiger partial charge >= 0.3 is 0 Å². The molecule has 0 radical (unpaired) electrons. The molecule has 2 rings (SSSR count). The summed E-state index contributed by atoms with van der Waals surface area (Å²) in [6.45, 7) is 2.92. The predicted molar refractivity (Wildman–Crippen MR) is 81.8 cm³/mol. The van der Waals surface area contributed by atoms with E-state index in [1.54, 1.807) is 0 Å². The molecular formula is C15H17BrN2. The van der Waals surface area contributed by atoms with Crippen molar-refractivity contribution < 1.29 is 0 Å². The fourth-order valence-electron chi connectivity index (χ4n) is 2.05. The molecule has 0 spiro atoms. The van der Waals surface area contributed by atoms with E-state index in [9.17, 15) is 0 Å². The van der Waals surface area contributed by atoms with Crippen LogP contribution < -0.4 is 10.6 Å². The number of anilines is 2. The Hall–Kier alpha value is -1.48. The van der Waals surface area contributed by atoms with Crippen LogP contribution in [0.4, 0.5) is 11.4 Å². The number of nitrogens with two attached hydrogens (primary N) is 1. The number of hydrogen-bond donors (Lipinski definition) is 1. The van der Waals surface area contributed by atoms with Crippen LogP contribution in [0.3, 0.4) is 0 Å². The van der Waals surface area contributed by atoms with Crippen molar-refractivity contribution in [2.75, 3.05) is 17.7 Å². The maximum Gasteiger partial charge on any atom is 0.0426 e. The van der Waals surface area contributed by atoms with Gasteiger partial charge in [0.1, 0.15) is 0 Å². The van der Waals surface area contributed by atoms with Crippen LogP contribution in [0.5, 0.6) is 0 Å². The molecule has 2 aromatic rings. The molecule has 0 fully saturated rings. The number of rotatable bonds is 3. The summed E-state index contributed by atoms with van der Waals surface area (Å²) in [5.41, 5.74) is 10.4. The molecule has 0 atom stereocenters. The minimum absolute atomic E-state index is 0.841. The summed E-state index contributed by atoms with van der Waals surface area (Å²) in [5, 5.41) is 0. The number of nitrogens with zero attached hydrogens (tertiary/aromatic N) is 1. The van der Waals surface area contributed by atoms with Crippen LogP contribution in [-0.2, 0) is 6.54 Å². The normalized spacial score (nSPS) is 10.4. The fourth-order valence-corrected chi connectivity index (χ4v) is 2.50. The Morgan fingerprint density at radius 2 is 1.89 bits per heavy atom. The molecule has 94 valence electrons. The molecule has 0 saturated carbocycles. The van der Waals surface area contributed by atoms with E-state index in [1.165, 1.54) is 11.3 Å². The predicted octanol–water partition coefficient (Wildman–Crippen LogP) is 3.98. The molecular weight excluding hydrogens is 288 g/mol. The zero-order valence-electron chi connectivity index (χ0n) is 10.7. The van der Waals surface area contributed by atoms with Gasteiger partial charge in [0, 0.05) is 29.4 Å². The lowest BCUT2D eigenvalue weighted by atomic mass is 10.1. The van der Waals surface area contributed by atoms with Crippen LogP contribution in [0.25, 0.3) is 0 Å². The Balaban J connectivity index is 2.22. The van der Waals surface area contributed by atoms with Gasteiger partial charge in [-0.25, -0.2) is 0 Å². The lowest BCUT2D eigenvalue weighted by molar-refractivity contribution is 0.917. The van der Waals surface area contributed by atoms with Crippen molar-refractivity contribution in [2.45, 2.75) is 13.5 Å². The maximum atomic E-state index is 5.94. The fraction of sp³-hybridized carbons (Fsp3) is 0.200. The molecule has 0 saturated heterocycles. The minimum atomic E-state index is 0.841. The highest BCUT2D eigenvalue weighted by atomic mass is 79.9. The standard InChI is InChI=1S/C15H17BrN2/c1-11-14(17)7-4-8-15(11)18(2)10-12-5-3-6-13(16)9-12/h3-9H,10,17H2,1-2H3. The molecule has 2 nitrogen and oxygen atoms in total. The lowest BCUT2D eigenvalue weighted by Gasteiger charge is -2.22. The van der Waals surface area contributed by atoms with Gasteiger partial charge < -0.3 is 10.6 Å². The molecule has 0 aromatic heterocycles. The summed E-state index contributed by atoms with van der Waals surface area (Å²) in [5.74, 6) is 0. The van der Waals surface area contributed by atoms with E-state index in [0.29, 0.717) is 0 Å². The summed E-state index contributed by atoms with van der Waals surface area (Å²) in [4.78, 5) is 2.22. The summed E-state index contributed by atoms with van der Waals surface area (Å²) in [7, 11) is 2.09. The quantitative estimate of drug-likeness (QED) is 0.869.